The topological polar surface area (TPSA) is 71.8 Å². The van der Waals surface area contributed by atoms with Gasteiger partial charge in [-0.15, -0.1) is 0 Å². The monoisotopic (exact) mass is 616 g/mol. The van der Waals surface area contributed by atoms with Gasteiger partial charge in [0.2, 0.25) is 0 Å². The molecular weight excluding hydrogens is 588 g/mol. The van der Waals surface area contributed by atoms with Crippen LogP contribution >= 0.6 is 22.6 Å². The van der Waals surface area contributed by atoms with Crippen molar-refractivity contribution < 1.29 is 31.9 Å². The first-order valence-corrected chi connectivity index (χ1v) is 12.9. The van der Waals surface area contributed by atoms with Crippen LogP contribution in [-0.4, -0.2) is 40.0 Å². The molecule has 2 amide bonds. The van der Waals surface area contributed by atoms with Gasteiger partial charge in [0.25, 0.3) is 5.91 Å². The third kappa shape index (κ3) is 6.92. The number of nitrogens with zero attached hydrogens (tertiary/aromatic N) is 1. The minimum atomic E-state index is -4.65. The number of benzene rings is 2. The second-order valence-electron chi connectivity index (χ2n) is 9.16. The van der Waals surface area contributed by atoms with E-state index in [0.717, 1.165) is 10.5 Å². The van der Waals surface area contributed by atoms with E-state index in [-0.39, 0.29) is 29.2 Å². The first kappa shape index (κ1) is 27.8. The highest BCUT2D eigenvalue weighted by Crippen LogP contribution is 2.39. The SMILES string of the molecule is CCN(CCI)C(=O)c1ccc(-c2cc(C(F)(F)F)c3oc(CNC(=O)OC(C)(C)C)cc3c2)cc1. The average Bonchev–Trinajstić information content (AvgIpc) is 3.21. The van der Waals surface area contributed by atoms with Crippen molar-refractivity contribution in [2.45, 2.75) is 46.0 Å². The summed E-state index contributed by atoms with van der Waals surface area (Å²) in [6.07, 6.45) is -5.35. The van der Waals surface area contributed by atoms with Crippen molar-refractivity contribution in [2.75, 3.05) is 17.5 Å². The number of amides is 2. The maximum Gasteiger partial charge on any atom is 0.420 e. The van der Waals surface area contributed by atoms with E-state index in [1.807, 2.05) is 6.92 Å². The van der Waals surface area contributed by atoms with Crippen molar-refractivity contribution in [1.29, 1.82) is 0 Å². The summed E-state index contributed by atoms with van der Waals surface area (Å²) in [5.74, 6) is 0.0403. The first-order valence-electron chi connectivity index (χ1n) is 11.4. The van der Waals surface area contributed by atoms with Crippen LogP contribution in [0.3, 0.4) is 0 Å². The van der Waals surface area contributed by atoms with E-state index in [1.165, 1.54) is 6.07 Å². The quantitative estimate of drug-likeness (QED) is 0.229. The van der Waals surface area contributed by atoms with Gasteiger partial charge < -0.3 is 19.4 Å². The number of rotatable bonds is 7. The molecule has 10 heteroatoms. The second kappa shape index (κ2) is 11.1. The molecule has 0 unspecified atom stereocenters. The number of nitrogens with one attached hydrogen (secondary N) is 1. The van der Waals surface area contributed by atoms with Crippen LogP contribution in [0.5, 0.6) is 0 Å². The standard InChI is InChI=1S/C26H28F3IN2O4/c1-5-32(11-10-30)23(33)17-8-6-16(7-9-17)18-12-19-13-20(15-31-24(34)36-25(2,3)4)35-22(19)21(14-18)26(27,28)29/h6-9,12-14H,5,10-11,15H2,1-4H3,(H,31,34). The number of ether oxygens (including phenoxy) is 1. The predicted molar refractivity (Wildman–Crippen MR) is 140 cm³/mol. The van der Waals surface area contributed by atoms with Crippen LogP contribution < -0.4 is 5.32 Å². The molecule has 0 bridgehead atoms. The zero-order chi connectivity index (χ0) is 26.7. The van der Waals surface area contributed by atoms with E-state index in [2.05, 4.69) is 27.9 Å². The summed E-state index contributed by atoms with van der Waals surface area (Å²) in [6.45, 7) is 8.08. The van der Waals surface area contributed by atoms with E-state index < -0.39 is 23.4 Å². The lowest BCUT2D eigenvalue weighted by Gasteiger charge is -2.19. The Bertz CT molecular complexity index is 1230. The van der Waals surface area contributed by atoms with Gasteiger partial charge >= 0.3 is 12.3 Å². The van der Waals surface area contributed by atoms with E-state index in [1.54, 1.807) is 56.0 Å². The summed E-state index contributed by atoms with van der Waals surface area (Å²) >= 11 is 2.20. The number of furan rings is 1. The average molecular weight is 616 g/mol. The van der Waals surface area contributed by atoms with Gasteiger partial charge in [-0.3, -0.25) is 4.79 Å². The lowest BCUT2D eigenvalue weighted by molar-refractivity contribution is -0.136. The predicted octanol–water partition coefficient (Wildman–Crippen LogP) is 7.04. The van der Waals surface area contributed by atoms with Crippen LogP contribution in [0.2, 0.25) is 0 Å². The Morgan fingerprint density at radius 3 is 2.28 bits per heavy atom. The molecule has 0 aliphatic carbocycles. The normalized spacial score (nSPS) is 12.0. The summed E-state index contributed by atoms with van der Waals surface area (Å²) in [5, 5.41) is 2.74. The van der Waals surface area contributed by atoms with E-state index in [9.17, 15) is 22.8 Å². The van der Waals surface area contributed by atoms with Crippen molar-refractivity contribution in [3.8, 4) is 11.1 Å². The fourth-order valence-corrected chi connectivity index (χ4v) is 4.22. The highest BCUT2D eigenvalue weighted by atomic mass is 127. The van der Waals surface area contributed by atoms with Crippen molar-refractivity contribution in [3.05, 3.63) is 59.4 Å². The minimum Gasteiger partial charge on any atom is -0.459 e. The fourth-order valence-electron chi connectivity index (χ4n) is 3.64. The molecule has 36 heavy (non-hydrogen) atoms. The largest absolute Gasteiger partial charge is 0.459 e. The Balaban J connectivity index is 1.91. The van der Waals surface area contributed by atoms with E-state index in [0.29, 0.717) is 29.8 Å². The van der Waals surface area contributed by atoms with Crippen molar-refractivity contribution in [2.24, 2.45) is 0 Å². The van der Waals surface area contributed by atoms with E-state index >= 15 is 0 Å². The molecule has 1 aromatic heterocycles. The molecule has 0 atom stereocenters. The molecule has 0 radical (unpaired) electrons. The summed E-state index contributed by atoms with van der Waals surface area (Å²) in [4.78, 5) is 26.3. The lowest BCUT2D eigenvalue weighted by atomic mass is 9.99. The van der Waals surface area contributed by atoms with Crippen LogP contribution in [0.4, 0.5) is 18.0 Å². The highest BCUT2D eigenvalue weighted by Gasteiger charge is 2.35. The molecule has 0 aliphatic heterocycles. The number of alkyl carbamates (subject to hydrolysis) is 1. The van der Waals surface area contributed by atoms with Gasteiger partial charge in [0, 0.05) is 28.5 Å². The van der Waals surface area contributed by atoms with E-state index in [4.69, 9.17) is 9.15 Å². The van der Waals surface area contributed by atoms with Gasteiger partial charge in [-0.05, 0) is 69.2 Å². The molecular formula is C26H28F3IN2O4. The number of carbonyl (C=O) groups is 2. The number of fused-ring (bicyclic) bond motifs is 1. The van der Waals surface area contributed by atoms with Gasteiger partial charge in [0.1, 0.15) is 16.9 Å². The second-order valence-corrected chi connectivity index (χ2v) is 10.2. The number of hydrogen-bond acceptors (Lipinski definition) is 4. The van der Waals surface area contributed by atoms with Crippen LogP contribution in [0.1, 0.15) is 49.4 Å². The molecule has 0 spiro atoms. The van der Waals surface area contributed by atoms with Crippen molar-refractivity contribution in [1.82, 2.24) is 10.2 Å². The maximum absolute atomic E-state index is 13.9. The summed E-state index contributed by atoms with van der Waals surface area (Å²) < 4.78 is 53.1. The van der Waals surface area contributed by atoms with Crippen molar-refractivity contribution in [3.63, 3.8) is 0 Å². The van der Waals surface area contributed by atoms with Crippen LogP contribution in [0, 0.1) is 0 Å². The summed E-state index contributed by atoms with van der Waals surface area (Å²) in [5.41, 5.74) is -0.594. The Labute approximate surface area is 221 Å². The summed E-state index contributed by atoms with van der Waals surface area (Å²) in [7, 11) is 0. The smallest absolute Gasteiger partial charge is 0.420 e. The zero-order valence-electron chi connectivity index (χ0n) is 20.5. The molecule has 194 valence electrons. The third-order valence-corrected chi connectivity index (χ3v) is 5.75. The third-order valence-electron chi connectivity index (χ3n) is 5.27. The highest BCUT2D eigenvalue weighted by molar-refractivity contribution is 14.1. The van der Waals surface area contributed by atoms with Crippen LogP contribution in [-0.2, 0) is 17.5 Å². The number of hydrogen-bond donors (Lipinski definition) is 1. The van der Waals surface area contributed by atoms with Crippen LogP contribution in [0.15, 0.2) is 46.9 Å². The lowest BCUT2D eigenvalue weighted by Crippen LogP contribution is -2.32. The Morgan fingerprint density at radius 1 is 1.06 bits per heavy atom. The fraction of sp³-hybridized carbons (Fsp3) is 0.385. The molecule has 2 aromatic carbocycles. The molecule has 6 nitrogen and oxygen atoms in total. The number of alkyl halides is 4. The van der Waals surface area contributed by atoms with Crippen molar-refractivity contribution >= 4 is 45.6 Å². The molecule has 1 N–H and O–H groups in total. The number of carbonyl (C=O) groups excluding carboxylic acids is 2. The molecule has 3 rings (SSSR count). The molecule has 0 aliphatic rings. The minimum absolute atomic E-state index is 0.121. The Hall–Kier alpha value is -2.76. The van der Waals surface area contributed by atoms with Gasteiger partial charge in [-0.1, -0.05) is 34.7 Å². The van der Waals surface area contributed by atoms with Gasteiger partial charge in [-0.2, -0.15) is 13.2 Å². The Morgan fingerprint density at radius 2 is 1.72 bits per heavy atom. The molecule has 0 saturated heterocycles. The molecule has 1 heterocycles. The Kier molecular flexibility index (Phi) is 8.58. The zero-order valence-corrected chi connectivity index (χ0v) is 22.6. The summed E-state index contributed by atoms with van der Waals surface area (Å²) in [6, 6.07) is 10.6. The molecule has 0 saturated carbocycles. The van der Waals surface area contributed by atoms with Gasteiger partial charge in [0.15, 0.2) is 0 Å². The maximum atomic E-state index is 13.9. The molecule has 3 aromatic rings. The molecule has 0 fully saturated rings. The number of halogens is 4. The van der Waals surface area contributed by atoms with Gasteiger partial charge in [0.05, 0.1) is 12.1 Å². The first-order chi connectivity index (χ1) is 16.8. The van der Waals surface area contributed by atoms with Gasteiger partial charge in [-0.25, -0.2) is 4.79 Å². The van der Waals surface area contributed by atoms with Crippen LogP contribution in [0.25, 0.3) is 22.1 Å².